The van der Waals surface area contributed by atoms with Gasteiger partial charge in [0.25, 0.3) is 0 Å². The van der Waals surface area contributed by atoms with Crippen molar-refractivity contribution < 1.29 is 4.39 Å². The van der Waals surface area contributed by atoms with E-state index >= 15 is 0 Å². The number of nitrogens with two attached hydrogens (primary N) is 1. The molecule has 0 fully saturated rings. The van der Waals surface area contributed by atoms with Gasteiger partial charge in [-0.2, -0.15) is 5.26 Å². The van der Waals surface area contributed by atoms with Crippen molar-refractivity contribution in [2.75, 3.05) is 0 Å². The molecule has 1 aromatic rings. The molecule has 1 atom stereocenters. The standard InChI is InChI=1S/C9H8FIN2/c10-7-3-6(4-8(11)5-7)9(13)1-2-12/h3-5,9H,1,13H2/t9-/m1/s1. The third-order valence-corrected chi connectivity index (χ3v) is 2.25. The topological polar surface area (TPSA) is 49.8 Å². The Morgan fingerprint density at radius 1 is 1.54 bits per heavy atom. The Hall–Kier alpha value is -0.670. The third kappa shape index (κ3) is 2.94. The van der Waals surface area contributed by atoms with Gasteiger partial charge in [-0.15, -0.1) is 0 Å². The summed E-state index contributed by atoms with van der Waals surface area (Å²) in [5.41, 5.74) is 6.32. The summed E-state index contributed by atoms with van der Waals surface area (Å²) in [6, 6.07) is 6.13. The minimum Gasteiger partial charge on any atom is -0.323 e. The molecule has 0 aliphatic heterocycles. The molecule has 2 N–H and O–H groups in total. The molecule has 0 spiro atoms. The smallest absolute Gasteiger partial charge is 0.124 e. The second-order valence-electron chi connectivity index (χ2n) is 2.67. The van der Waals surface area contributed by atoms with E-state index in [1.165, 1.54) is 12.1 Å². The van der Waals surface area contributed by atoms with E-state index in [1.807, 2.05) is 28.7 Å². The van der Waals surface area contributed by atoms with Gasteiger partial charge in [0.05, 0.1) is 12.5 Å². The first kappa shape index (κ1) is 10.4. The molecule has 4 heteroatoms. The molecule has 0 saturated heterocycles. The summed E-state index contributed by atoms with van der Waals surface area (Å²) >= 11 is 2.01. The average Bonchev–Trinajstić information content (AvgIpc) is 2.03. The van der Waals surface area contributed by atoms with Gasteiger partial charge in [0.1, 0.15) is 5.82 Å². The number of rotatable bonds is 2. The first-order valence-electron chi connectivity index (χ1n) is 3.72. The normalized spacial score (nSPS) is 12.2. The number of nitriles is 1. The zero-order valence-electron chi connectivity index (χ0n) is 6.80. The van der Waals surface area contributed by atoms with Crippen LogP contribution in [0.5, 0.6) is 0 Å². The number of hydrogen-bond acceptors (Lipinski definition) is 2. The molecule has 13 heavy (non-hydrogen) atoms. The summed E-state index contributed by atoms with van der Waals surface area (Å²) in [5, 5.41) is 8.41. The van der Waals surface area contributed by atoms with Crippen molar-refractivity contribution in [3.05, 3.63) is 33.1 Å². The third-order valence-electron chi connectivity index (χ3n) is 1.62. The van der Waals surface area contributed by atoms with Crippen molar-refractivity contribution in [3.8, 4) is 6.07 Å². The fourth-order valence-electron chi connectivity index (χ4n) is 1.01. The minimum atomic E-state index is -0.394. The molecule has 0 heterocycles. The maximum Gasteiger partial charge on any atom is 0.124 e. The molecule has 0 amide bonds. The Bertz CT molecular complexity index is 326. The van der Waals surface area contributed by atoms with Gasteiger partial charge >= 0.3 is 0 Å². The van der Waals surface area contributed by atoms with Crippen molar-refractivity contribution in [2.24, 2.45) is 5.73 Å². The molecule has 1 rings (SSSR count). The SMILES string of the molecule is N#CC[C@@H](N)c1cc(F)cc(I)c1. The van der Waals surface area contributed by atoms with Gasteiger partial charge in [-0.1, -0.05) is 0 Å². The van der Waals surface area contributed by atoms with E-state index in [1.54, 1.807) is 6.07 Å². The zero-order valence-corrected chi connectivity index (χ0v) is 8.95. The van der Waals surface area contributed by atoms with Gasteiger partial charge in [-0.25, -0.2) is 4.39 Å². The molecule has 1 aromatic carbocycles. The van der Waals surface area contributed by atoms with Gasteiger partial charge in [0.2, 0.25) is 0 Å². The van der Waals surface area contributed by atoms with Crippen molar-refractivity contribution in [3.63, 3.8) is 0 Å². The Labute approximate surface area is 89.7 Å². The van der Waals surface area contributed by atoms with Crippen molar-refractivity contribution in [1.29, 1.82) is 5.26 Å². The van der Waals surface area contributed by atoms with E-state index < -0.39 is 6.04 Å². The van der Waals surface area contributed by atoms with Gasteiger partial charge in [-0.3, -0.25) is 0 Å². The summed E-state index contributed by atoms with van der Waals surface area (Å²) in [6.45, 7) is 0. The van der Waals surface area contributed by atoms with E-state index in [0.29, 0.717) is 5.56 Å². The lowest BCUT2D eigenvalue weighted by Gasteiger charge is -2.07. The second-order valence-corrected chi connectivity index (χ2v) is 3.92. The van der Waals surface area contributed by atoms with Crippen LogP contribution in [0.1, 0.15) is 18.0 Å². The Kier molecular flexibility index (Phi) is 3.63. The Morgan fingerprint density at radius 2 is 2.23 bits per heavy atom. The van der Waals surface area contributed by atoms with E-state index in [0.717, 1.165) is 3.57 Å². The van der Waals surface area contributed by atoms with Crippen LogP contribution in [0.2, 0.25) is 0 Å². The lowest BCUT2D eigenvalue weighted by atomic mass is 10.1. The fourth-order valence-corrected chi connectivity index (χ4v) is 1.66. The highest BCUT2D eigenvalue weighted by atomic mass is 127. The molecule has 0 aliphatic rings. The molecule has 0 unspecified atom stereocenters. The van der Waals surface area contributed by atoms with E-state index in [4.69, 9.17) is 11.0 Å². The molecular formula is C9H8FIN2. The van der Waals surface area contributed by atoms with Crippen LogP contribution in [0.4, 0.5) is 4.39 Å². The zero-order chi connectivity index (χ0) is 9.84. The van der Waals surface area contributed by atoms with Crippen LogP contribution in [-0.4, -0.2) is 0 Å². The molecule has 0 saturated carbocycles. The number of halogens is 2. The summed E-state index contributed by atoms with van der Waals surface area (Å²) < 4.78 is 13.7. The van der Waals surface area contributed by atoms with Crippen LogP contribution in [-0.2, 0) is 0 Å². The maximum atomic E-state index is 12.9. The van der Waals surface area contributed by atoms with Crippen molar-refractivity contribution >= 4 is 22.6 Å². The largest absolute Gasteiger partial charge is 0.323 e. The van der Waals surface area contributed by atoms with E-state index in [2.05, 4.69) is 0 Å². The predicted molar refractivity (Wildman–Crippen MR) is 56.3 cm³/mol. The van der Waals surface area contributed by atoms with Crippen LogP contribution in [0.15, 0.2) is 18.2 Å². The quantitative estimate of drug-likeness (QED) is 0.850. The number of hydrogen-bond donors (Lipinski definition) is 1. The first-order valence-corrected chi connectivity index (χ1v) is 4.80. The van der Waals surface area contributed by atoms with Gasteiger partial charge < -0.3 is 5.73 Å². The summed E-state index contributed by atoms with van der Waals surface area (Å²) in [5.74, 6) is -0.310. The average molecular weight is 290 g/mol. The fraction of sp³-hybridized carbons (Fsp3) is 0.222. The van der Waals surface area contributed by atoms with Gasteiger partial charge in [0.15, 0.2) is 0 Å². The van der Waals surface area contributed by atoms with E-state index in [9.17, 15) is 4.39 Å². The van der Waals surface area contributed by atoms with Crippen molar-refractivity contribution in [1.82, 2.24) is 0 Å². The lowest BCUT2D eigenvalue weighted by Crippen LogP contribution is -2.09. The maximum absolute atomic E-state index is 12.9. The number of benzene rings is 1. The minimum absolute atomic E-state index is 0.208. The molecule has 0 radical (unpaired) electrons. The summed E-state index contributed by atoms with van der Waals surface area (Å²) in [4.78, 5) is 0. The van der Waals surface area contributed by atoms with Gasteiger partial charge in [0, 0.05) is 9.61 Å². The monoisotopic (exact) mass is 290 g/mol. The van der Waals surface area contributed by atoms with Crippen LogP contribution in [0.25, 0.3) is 0 Å². The Morgan fingerprint density at radius 3 is 2.77 bits per heavy atom. The molecule has 0 aromatic heterocycles. The van der Waals surface area contributed by atoms with Crippen LogP contribution < -0.4 is 5.73 Å². The summed E-state index contributed by atoms with van der Waals surface area (Å²) in [6.07, 6.45) is 0.208. The van der Waals surface area contributed by atoms with E-state index in [-0.39, 0.29) is 12.2 Å². The Balaban J connectivity index is 2.95. The van der Waals surface area contributed by atoms with Gasteiger partial charge in [-0.05, 0) is 46.4 Å². The molecular weight excluding hydrogens is 282 g/mol. The first-order chi connectivity index (χ1) is 6.13. The highest BCUT2D eigenvalue weighted by Gasteiger charge is 2.07. The molecule has 0 aliphatic carbocycles. The number of nitrogens with zero attached hydrogens (tertiary/aromatic N) is 1. The molecule has 68 valence electrons. The highest BCUT2D eigenvalue weighted by Crippen LogP contribution is 2.18. The molecule has 2 nitrogen and oxygen atoms in total. The second kappa shape index (κ2) is 4.53. The van der Waals surface area contributed by atoms with Crippen molar-refractivity contribution in [2.45, 2.75) is 12.5 Å². The molecule has 0 bridgehead atoms. The predicted octanol–water partition coefficient (Wildman–Crippen LogP) is 2.34. The summed E-state index contributed by atoms with van der Waals surface area (Å²) in [7, 11) is 0. The van der Waals surface area contributed by atoms with Crippen LogP contribution >= 0.6 is 22.6 Å². The van der Waals surface area contributed by atoms with Crippen LogP contribution in [0.3, 0.4) is 0 Å². The lowest BCUT2D eigenvalue weighted by molar-refractivity contribution is 0.619. The highest BCUT2D eigenvalue weighted by molar-refractivity contribution is 14.1. The van der Waals surface area contributed by atoms with Crippen LogP contribution in [0, 0.1) is 20.7 Å².